The van der Waals surface area contributed by atoms with Gasteiger partial charge >= 0.3 is 0 Å². The molecule has 130 valence electrons. The lowest BCUT2D eigenvalue weighted by Crippen LogP contribution is -2.19. The second kappa shape index (κ2) is 5.80. The molecule has 0 unspecified atom stereocenters. The van der Waals surface area contributed by atoms with E-state index in [0.29, 0.717) is 11.6 Å². The van der Waals surface area contributed by atoms with Crippen LogP contribution in [0.25, 0.3) is 10.8 Å². The molecule has 0 spiro atoms. The van der Waals surface area contributed by atoms with Crippen molar-refractivity contribution in [3.8, 4) is 0 Å². The fourth-order valence-corrected chi connectivity index (χ4v) is 3.87. The summed E-state index contributed by atoms with van der Waals surface area (Å²) >= 11 is 0. The minimum Gasteiger partial charge on any atom is -0.281 e. The van der Waals surface area contributed by atoms with E-state index in [4.69, 9.17) is 0 Å². The Kier molecular flexibility index (Phi) is 3.42. The predicted octanol–water partition coefficient (Wildman–Crippen LogP) is 3.69. The number of aromatic nitrogens is 2. The zero-order valence-electron chi connectivity index (χ0n) is 14.7. The van der Waals surface area contributed by atoms with Crippen LogP contribution in [0.2, 0.25) is 0 Å². The monoisotopic (exact) mass is 344 g/mol. The molecule has 1 saturated carbocycles. The SMILES string of the molecule is C/C(=N\NC(=O)c1cc(C2CC2)[nH]n1)c1ccc2c3c(cccc13)CC2. The molecule has 0 bridgehead atoms. The highest BCUT2D eigenvalue weighted by atomic mass is 16.2. The van der Waals surface area contributed by atoms with Gasteiger partial charge in [-0.1, -0.05) is 30.3 Å². The summed E-state index contributed by atoms with van der Waals surface area (Å²) in [5.74, 6) is 0.265. The van der Waals surface area contributed by atoms with Gasteiger partial charge in [-0.2, -0.15) is 10.2 Å². The van der Waals surface area contributed by atoms with Gasteiger partial charge in [-0.15, -0.1) is 0 Å². The van der Waals surface area contributed by atoms with Gasteiger partial charge in [-0.05, 0) is 60.6 Å². The Morgan fingerprint density at radius 2 is 2.00 bits per heavy atom. The zero-order valence-corrected chi connectivity index (χ0v) is 14.7. The van der Waals surface area contributed by atoms with Crippen LogP contribution in [0.1, 0.15) is 58.6 Å². The first-order valence-corrected chi connectivity index (χ1v) is 9.14. The third-order valence-corrected chi connectivity index (χ3v) is 5.44. The number of nitrogens with zero attached hydrogens (tertiary/aromatic N) is 2. The molecule has 1 fully saturated rings. The largest absolute Gasteiger partial charge is 0.291 e. The Balaban J connectivity index is 1.41. The number of carbonyl (C=O) groups excluding carboxylic acids is 1. The van der Waals surface area contributed by atoms with E-state index in [1.54, 1.807) is 0 Å². The molecule has 2 aliphatic rings. The molecule has 1 aromatic heterocycles. The predicted molar refractivity (Wildman–Crippen MR) is 102 cm³/mol. The van der Waals surface area contributed by atoms with Crippen molar-refractivity contribution in [2.75, 3.05) is 0 Å². The maximum atomic E-state index is 12.3. The number of hydrogen-bond acceptors (Lipinski definition) is 3. The first-order chi connectivity index (χ1) is 12.7. The smallest absolute Gasteiger partial charge is 0.281 e. The Labute approximate surface area is 151 Å². The van der Waals surface area contributed by atoms with Crippen LogP contribution in [0.3, 0.4) is 0 Å². The van der Waals surface area contributed by atoms with Crippen LogP contribution in [0, 0.1) is 0 Å². The lowest BCUT2D eigenvalue weighted by molar-refractivity contribution is 0.0950. The van der Waals surface area contributed by atoms with Gasteiger partial charge in [0, 0.05) is 17.2 Å². The summed E-state index contributed by atoms with van der Waals surface area (Å²) in [7, 11) is 0. The van der Waals surface area contributed by atoms with Crippen molar-refractivity contribution in [2.45, 2.75) is 38.5 Å². The number of aromatic amines is 1. The molecule has 3 aromatic rings. The number of hydrazone groups is 1. The van der Waals surface area contributed by atoms with Crippen molar-refractivity contribution >= 4 is 22.4 Å². The second-order valence-electron chi connectivity index (χ2n) is 7.23. The molecule has 2 aliphatic carbocycles. The number of amides is 1. The van der Waals surface area contributed by atoms with E-state index in [0.717, 1.165) is 29.8 Å². The molecule has 1 heterocycles. The molecule has 2 N–H and O–H groups in total. The summed E-state index contributed by atoms with van der Waals surface area (Å²) in [6.07, 6.45) is 4.55. The molecule has 5 heteroatoms. The van der Waals surface area contributed by atoms with Gasteiger partial charge in [0.25, 0.3) is 5.91 Å². The summed E-state index contributed by atoms with van der Waals surface area (Å²) in [6.45, 7) is 1.93. The van der Waals surface area contributed by atoms with Crippen molar-refractivity contribution in [3.05, 3.63) is 64.5 Å². The van der Waals surface area contributed by atoms with Crippen LogP contribution >= 0.6 is 0 Å². The first kappa shape index (κ1) is 15.3. The number of benzene rings is 2. The van der Waals surface area contributed by atoms with E-state index in [-0.39, 0.29) is 5.91 Å². The van der Waals surface area contributed by atoms with E-state index in [9.17, 15) is 4.79 Å². The first-order valence-electron chi connectivity index (χ1n) is 9.14. The Morgan fingerprint density at radius 3 is 2.81 bits per heavy atom. The highest BCUT2D eigenvalue weighted by molar-refractivity contribution is 6.11. The van der Waals surface area contributed by atoms with E-state index in [1.165, 1.54) is 34.7 Å². The average Bonchev–Trinajstić information content (AvgIpc) is 3.24. The standard InChI is InChI=1S/C21H20N4O/c1-12(22-25-21(26)19-11-18(23-24-19)13-5-6-13)16-10-9-15-8-7-14-3-2-4-17(16)20(14)15/h2-4,9-11,13H,5-8H2,1H3,(H,23,24)(H,25,26)/b22-12+. The number of H-pyrrole nitrogens is 1. The third-order valence-electron chi connectivity index (χ3n) is 5.44. The van der Waals surface area contributed by atoms with E-state index < -0.39 is 0 Å². The van der Waals surface area contributed by atoms with Crippen molar-refractivity contribution in [2.24, 2.45) is 5.10 Å². The zero-order chi connectivity index (χ0) is 17.7. The van der Waals surface area contributed by atoms with Gasteiger partial charge in [-0.25, -0.2) is 5.43 Å². The molecule has 0 aliphatic heterocycles. The molecular formula is C21H20N4O. The number of nitrogens with one attached hydrogen (secondary N) is 2. The second-order valence-corrected chi connectivity index (χ2v) is 7.23. The van der Waals surface area contributed by atoms with Crippen LogP contribution in [0.15, 0.2) is 41.5 Å². The Hall–Kier alpha value is -2.95. The van der Waals surface area contributed by atoms with Gasteiger partial charge in [0.05, 0.1) is 5.71 Å². The Bertz CT molecular complexity index is 1050. The number of aryl methyl sites for hydroxylation is 2. The average molecular weight is 344 g/mol. The summed E-state index contributed by atoms with van der Waals surface area (Å²) in [5, 5.41) is 14.0. The fourth-order valence-electron chi connectivity index (χ4n) is 3.87. The quantitative estimate of drug-likeness (QED) is 0.560. The third kappa shape index (κ3) is 2.51. The van der Waals surface area contributed by atoms with Gasteiger partial charge < -0.3 is 0 Å². The number of rotatable bonds is 4. The maximum Gasteiger partial charge on any atom is 0.291 e. The normalized spacial score (nSPS) is 16.3. The number of hydrogen-bond donors (Lipinski definition) is 2. The van der Waals surface area contributed by atoms with E-state index >= 15 is 0 Å². The molecule has 5 nitrogen and oxygen atoms in total. The summed E-state index contributed by atoms with van der Waals surface area (Å²) in [4.78, 5) is 12.3. The number of carbonyl (C=O) groups is 1. The minimum atomic E-state index is -0.279. The van der Waals surface area contributed by atoms with Gasteiger partial charge in [0.2, 0.25) is 0 Å². The van der Waals surface area contributed by atoms with E-state index in [1.807, 2.05) is 13.0 Å². The lowest BCUT2D eigenvalue weighted by Gasteiger charge is -2.09. The molecule has 0 radical (unpaired) electrons. The van der Waals surface area contributed by atoms with Crippen molar-refractivity contribution in [1.29, 1.82) is 0 Å². The van der Waals surface area contributed by atoms with E-state index in [2.05, 4.69) is 51.1 Å². The van der Waals surface area contributed by atoms with Crippen LogP contribution in [0.4, 0.5) is 0 Å². The molecule has 2 aromatic carbocycles. The van der Waals surface area contributed by atoms with Gasteiger partial charge in [0.1, 0.15) is 0 Å². The molecule has 26 heavy (non-hydrogen) atoms. The fraction of sp³-hybridized carbons (Fsp3) is 0.286. The topological polar surface area (TPSA) is 70.1 Å². The Morgan fingerprint density at radius 1 is 1.19 bits per heavy atom. The van der Waals surface area contributed by atoms with Crippen LogP contribution in [-0.4, -0.2) is 21.8 Å². The lowest BCUT2D eigenvalue weighted by atomic mass is 9.98. The summed E-state index contributed by atoms with van der Waals surface area (Å²) in [6, 6.07) is 12.6. The molecule has 0 saturated heterocycles. The summed E-state index contributed by atoms with van der Waals surface area (Å²) < 4.78 is 0. The van der Waals surface area contributed by atoms with Gasteiger partial charge in [-0.3, -0.25) is 9.89 Å². The van der Waals surface area contributed by atoms with Crippen molar-refractivity contribution in [3.63, 3.8) is 0 Å². The highest BCUT2D eigenvalue weighted by Gasteiger charge is 2.26. The summed E-state index contributed by atoms with van der Waals surface area (Å²) in [5.41, 5.74) is 8.75. The van der Waals surface area contributed by atoms with Crippen molar-refractivity contribution < 1.29 is 4.79 Å². The molecule has 0 atom stereocenters. The molecule has 1 amide bonds. The molecular weight excluding hydrogens is 324 g/mol. The minimum absolute atomic E-state index is 0.279. The van der Waals surface area contributed by atoms with Crippen LogP contribution in [-0.2, 0) is 12.8 Å². The highest BCUT2D eigenvalue weighted by Crippen LogP contribution is 2.39. The van der Waals surface area contributed by atoms with Crippen LogP contribution in [0.5, 0.6) is 0 Å². The maximum absolute atomic E-state index is 12.3. The van der Waals surface area contributed by atoms with Crippen LogP contribution < -0.4 is 5.43 Å². The van der Waals surface area contributed by atoms with Crippen molar-refractivity contribution in [1.82, 2.24) is 15.6 Å². The van der Waals surface area contributed by atoms with Gasteiger partial charge in [0.15, 0.2) is 5.69 Å². The molecule has 5 rings (SSSR count).